The lowest BCUT2D eigenvalue weighted by atomic mass is 10.1. The van der Waals surface area contributed by atoms with Gasteiger partial charge in [-0.25, -0.2) is 13.1 Å². The van der Waals surface area contributed by atoms with Gasteiger partial charge in [0.05, 0.1) is 5.75 Å². The molecule has 94 valence electrons. The molecule has 0 unspecified atom stereocenters. The lowest BCUT2D eigenvalue weighted by Crippen LogP contribution is -2.31. The van der Waals surface area contributed by atoms with Gasteiger partial charge < -0.3 is 4.74 Å². The second kappa shape index (κ2) is 4.40. The molecular formula is C8H12N4O4S. The number of nitrogens with zero attached hydrogens (tertiary/aromatic N) is 4. The number of hydrogen-bond donors (Lipinski definition) is 0. The van der Waals surface area contributed by atoms with E-state index in [4.69, 9.17) is 4.74 Å². The van der Waals surface area contributed by atoms with E-state index < -0.39 is 15.9 Å². The second-order valence-corrected chi connectivity index (χ2v) is 5.80. The van der Waals surface area contributed by atoms with Crippen molar-refractivity contribution in [2.24, 2.45) is 7.05 Å². The number of aromatic nitrogens is 4. The first kappa shape index (κ1) is 12.0. The molecule has 1 aliphatic heterocycles. The zero-order valence-corrected chi connectivity index (χ0v) is 10.1. The molecule has 0 bridgehead atoms. The van der Waals surface area contributed by atoms with Crippen molar-refractivity contribution in [3.05, 3.63) is 0 Å². The van der Waals surface area contributed by atoms with Crippen LogP contribution < -0.4 is 0 Å². The topological polar surface area (TPSA) is 104 Å². The van der Waals surface area contributed by atoms with Gasteiger partial charge in [0.1, 0.15) is 6.10 Å². The third kappa shape index (κ3) is 2.60. The summed E-state index contributed by atoms with van der Waals surface area (Å²) in [5.74, 6) is -0.625. The Morgan fingerprint density at radius 2 is 2.29 bits per heavy atom. The fourth-order valence-corrected chi connectivity index (χ4v) is 3.17. The first-order valence-electron chi connectivity index (χ1n) is 5.13. The Balaban J connectivity index is 2.13. The Labute approximate surface area is 97.9 Å². The van der Waals surface area contributed by atoms with Crippen LogP contribution in [0.2, 0.25) is 0 Å². The molecule has 1 saturated heterocycles. The fraction of sp³-hybridized carbons (Fsp3) is 0.750. The van der Waals surface area contributed by atoms with Crippen molar-refractivity contribution in [2.75, 3.05) is 5.75 Å². The van der Waals surface area contributed by atoms with Crippen molar-refractivity contribution in [3.63, 3.8) is 0 Å². The van der Waals surface area contributed by atoms with Gasteiger partial charge in [0.15, 0.2) is 0 Å². The van der Waals surface area contributed by atoms with E-state index in [-0.39, 0.29) is 16.9 Å². The van der Waals surface area contributed by atoms with Crippen molar-refractivity contribution >= 4 is 15.8 Å². The Bertz CT molecular complexity index is 523. The highest BCUT2D eigenvalue weighted by Crippen LogP contribution is 2.18. The highest BCUT2D eigenvalue weighted by molar-refractivity contribution is 7.91. The zero-order chi connectivity index (χ0) is 12.5. The number of rotatable bonds is 3. The quantitative estimate of drug-likeness (QED) is 0.647. The van der Waals surface area contributed by atoms with E-state index in [0.717, 1.165) is 4.68 Å². The number of carbonyl (C=O) groups is 1. The normalized spacial score (nSPS) is 21.2. The lowest BCUT2D eigenvalue weighted by molar-refractivity contribution is -0.152. The molecule has 2 rings (SSSR count). The average molecular weight is 260 g/mol. The van der Waals surface area contributed by atoms with Crippen LogP contribution >= 0.6 is 0 Å². The third-order valence-corrected chi connectivity index (χ3v) is 4.18. The highest BCUT2D eigenvalue weighted by Gasteiger charge is 2.30. The van der Waals surface area contributed by atoms with Gasteiger partial charge in [-0.1, -0.05) is 5.10 Å². The Hall–Kier alpha value is -1.51. The van der Waals surface area contributed by atoms with Crippen molar-refractivity contribution < 1.29 is 17.9 Å². The van der Waals surface area contributed by atoms with Crippen LogP contribution in [0.1, 0.15) is 19.3 Å². The van der Waals surface area contributed by atoms with E-state index in [1.165, 1.54) is 7.05 Å². The number of cyclic esters (lactones) is 1. The molecule has 1 atom stereocenters. The summed E-state index contributed by atoms with van der Waals surface area (Å²) in [6.45, 7) is 0. The zero-order valence-electron chi connectivity index (χ0n) is 9.24. The van der Waals surface area contributed by atoms with Gasteiger partial charge in [-0.15, -0.1) is 0 Å². The molecule has 0 radical (unpaired) electrons. The van der Waals surface area contributed by atoms with Gasteiger partial charge in [0, 0.05) is 13.5 Å². The molecule has 17 heavy (non-hydrogen) atoms. The molecule has 0 amide bonds. The molecule has 9 heteroatoms. The van der Waals surface area contributed by atoms with Crippen LogP contribution in [0.3, 0.4) is 0 Å². The first-order valence-corrected chi connectivity index (χ1v) is 6.79. The van der Waals surface area contributed by atoms with Crippen LogP contribution in [-0.2, 0) is 26.4 Å². The summed E-state index contributed by atoms with van der Waals surface area (Å²) >= 11 is 0. The highest BCUT2D eigenvalue weighted by atomic mass is 32.2. The van der Waals surface area contributed by atoms with Crippen molar-refractivity contribution in [2.45, 2.75) is 30.5 Å². The van der Waals surface area contributed by atoms with Gasteiger partial charge in [-0.3, -0.25) is 4.79 Å². The SMILES string of the molecule is Cn1nnnc1S(=O)(=O)C[C@@H]1CCCC(=O)O1. The van der Waals surface area contributed by atoms with Gasteiger partial charge in [-0.2, -0.15) is 0 Å². The maximum Gasteiger partial charge on any atom is 0.306 e. The van der Waals surface area contributed by atoms with E-state index in [0.29, 0.717) is 19.3 Å². The van der Waals surface area contributed by atoms with Crippen LogP contribution in [0.25, 0.3) is 0 Å². The Kier molecular flexibility index (Phi) is 3.09. The molecule has 1 fully saturated rings. The molecule has 1 aliphatic rings. The predicted molar refractivity (Wildman–Crippen MR) is 54.6 cm³/mol. The minimum absolute atomic E-state index is 0.209. The standard InChI is InChI=1S/C8H12N4O4S/c1-12-8(9-10-11-12)17(14,15)5-6-3-2-4-7(13)16-6/h6H,2-5H2,1H3/t6-/m0/s1. The van der Waals surface area contributed by atoms with Crippen LogP contribution in [0, 0.1) is 0 Å². The summed E-state index contributed by atoms with van der Waals surface area (Å²) in [7, 11) is -2.18. The Morgan fingerprint density at radius 3 is 2.88 bits per heavy atom. The largest absolute Gasteiger partial charge is 0.461 e. The number of sulfone groups is 1. The second-order valence-electron chi connectivity index (χ2n) is 3.87. The van der Waals surface area contributed by atoms with Gasteiger partial charge in [-0.05, 0) is 23.3 Å². The number of tetrazole rings is 1. The van der Waals surface area contributed by atoms with Crippen LogP contribution in [0.15, 0.2) is 5.16 Å². The number of ether oxygens (including phenoxy) is 1. The number of carbonyl (C=O) groups excluding carboxylic acids is 1. The fourth-order valence-electron chi connectivity index (χ4n) is 1.70. The summed E-state index contributed by atoms with van der Waals surface area (Å²) in [4.78, 5) is 11.1. The summed E-state index contributed by atoms with van der Waals surface area (Å²) < 4.78 is 29.9. The van der Waals surface area contributed by atoms with Gasteiger partial charge >= 0.3 is 5.97 Å². The van der Waals surface area contributed by atoms with E-state index in [2.05, 4.69) is 15.5 Å². The van der Waals surface area contributed by atoms with Gasteiger partial charge in [0.25, 0.3) is 5.16 Å². The van der Waals surface area contributed by atoms with E-state index >= 15 is 0 Å². The average Bonchev–Trinajstić information content (AvgIpc) is 2.64. The van der Waals surface area contributed by atoms with E-state index in [9.17, 15) is 13.2 Å². The molecule has 0 N–H and O–H groups in total. The summed E-state index contributed by atoms with van der Waals surface area (Å²) in [5, 5.41) is 9.97. The third-order valence-electron chi connectivity index (χ3n) is 2.47. The lowest BCUT2D eigenvalue weighted by Gasteiger charge is -2.21. The van der Waals surface area contributed by atoms with Gasteiger partial charge in [0.2, 0.25) is 9.84 Å². The number of esters is 1. The number of hydrogen-bond acceptors (Lipinski definition) is 7. The summed E-state index contributed by atoms with van der Waals surface area (Å²) in [5.41, 5.74) is 0. The molecule has 0 aliphatic carbocycles. The van der Waals surface area contributed by atoms with Crippen molar-refractivity contribution in [1.82, 2.24) is 20.2 Å². The molecule has 1 aromatic rings. The molecule has 0 spiro atoms. The first-order chi connectivity index (χ1) is 7.99. The van der Waals surface area contributed by atoms with Crippen molar-refractivity contribution in [3.8, 4) is 0 Å². The predicted octanol–water partition coefficient (Wildman–Crippen LogP) is -0.920. The molecular weight excluding hydrogens is 248 g/mol. The summed E-state index contributed by atoms with van der Waals surface area (Å²) in [6, 6.07) is 0. The van der Waals surface area contributed by atoms with Crippen LogP contribution in [0.4, 0.5) is 0 Å². The molecule has 0 aromatic carbocycles. The molecule has 0 saturated carbocycles. The molecule has 1 aromatic heterocycles. The molecule has 2 heterocycles. The minimum atomic E-state index is -3.62. The summed E-state index contributed by atoms with van der Waals surface area (Å²) in [6.07, 6.45) is 0.951. The van der Waals surface area contributed by atoms with E-state index in [1.807, 2.05) is 0 Å². The minimum Gasteiger partial charge on any atom is -0.461 e. The van der Waals surface area contributed by atoms with Crippen molar-refractivity contribution in [1.29, 1.82) is 0 Å². The Morgan fingerprint density at radius 1 is 1.53 bits per heavy atom. The monoisotopic (exact) mass is 260 g/mol. The van der Waals surface area contributed by atoms with Crippen LogP contribution in [-0.4, -0.2) is 46.5 Å². The maximum atomic E-state index is 11.9. The number of aryl methyl sites for hydroxylation is 1. The smallest absolute Gasteiger partial charge is 0.306 e. The van der Waals surface area contributed by atoms with E-state index in [1.54, 1.807) is 0 Å². The maximum absolute atomic E-state index is 11.9. The molecule has 8 nitrogen and oxygen atoms in total. The van der Waals surface area contributed by atoms with Crippen LogP contribution in [0.5, 0.6) is 0 Å².